The van der Waals surface area contributed by atoms with E-state index in [1.165, 1.54) is 5.06 Å². The minimum absolute atomic E-state index is 0.668. The van der Waals surface area contributed by atoms with Crippen molar-refractivity contribution in [3.8, 4) is 0 Å². The Labute approximate surface area is 94.4 Å². The fourth-order valence-corrected chi connectivity index (χ4v) is 3.93. The Kier molecular flexibility index (Phi) is 8.27. The average molecular weight is 235 g/mol. The average Bonchev–Trinajstić information content (AvgIpc) is 2.18. The molecule has 0 rings (SSSR count). The summed E-state index contributed by atoms with van der Waals surface area (Å²) in [6.45, 7) is 10.8. The normalized spacial score (nSPS) is 12.4. The van der Waals surface area contributed by atoms with E-state index in [0.717, 1.165) is 12.5 Å². The van der Waals surface area contributed by atoms with Crippen LogP contribution in [0.1, 0.15) is 27.2 Å². The van der Waals surface area contributed by atoms with Gasteiger partial charge in [-0.05, 0) is 32.9 Å². The third-order valence-corrected chi connectivity index (χ3v) is 5.37. The van der Waals surface area contributed by atoms with E-state index < -0.39 is 8.56 Å². The van der Waals surface area contributed by atoms with Gasteiger partial charge < -0.3 is 14.1 Å². The molecule has 0 radical (unpaired) electrons. The number of hydrogen-bond acceptors (Lipinski definition) is 4. The molecule has 4 nitrogen and oxygen atoms in total. The molecule has 0 aromatic carbocycles. The first-order valence-corrected chi connectivity index (χ1v) is 8.32. The summed E-state index contributed by atoms with van der Waals surface area (Å²) in [5.74, 6) is 0. The summed E-state index contributed by atoms with van der Waals surface area (Å²) >= 11 is 0. The van der Waals surface area contributed by atoms with Gasteiger partial charge in [-0.15, -0.1) is 0 Å². The third-order valence-electron chi connectivity index (χ3n) is 2.31. The van der Waals surface area contributed by atoms with E-state index in [9.17, 15) is 5.21 Å². The predicted octanol–water partition coefficient (Wildman–Crippen LogP) is 2.23. The molecule has 0 aromatic heterocycles. The number of nitrogens with zero attached hydrogens (tertiary/aromatic N) is 1. The van der Waals surface area contributed by atoms with E-state index in [1.807, 2.05) is 20.8 Å². The molecule has 0 aliphatic heterocycles. The van der Waals surface area contributed by atoms with Gasteiger partial charge in [0.05, 0.1) is 0 Å². The van der Waals surface area contributed by atoms with Gasteiger partial charge in [0.2, 0.25) is 0 Å². The van der Waals surface area contributed by atoms with Gasteiger partial charge in [-0.1, -0.05) is 6.92 Å². The third kappa shape index (κ3) is 7.02. The van der Waals surface area contributed by atoms with Crippen LogP contribution in [-0.2, 0) is 8.85 Å². The van der Waals surface area contributed by atoms with Gasteiger partial charge >= 0.3 is 8.56 Å². The van der Waals surface area contributed by atoms with Crippen LogP contribution in [0.2, 0.25) is 12.6 Å². The van der Waals surface area contributed by atoms with Crippen LogP contribution in [-0.4, -0.2) is 45.1 Å². The lowest BCUT2D eigenvalue weighted by molar-refractivity contribution is -0.0860. The molecule has 0 aliphatic rings. The second kappa shape index (κ2) is 8.24. The minimum atomic E-state index is -1.97. The maximum absolute atomic E-state index is 9.28. The zero-order chi connectivity index (χ0) is 11.7. The lowest BCUT2D eigenvalue weighted by Gasteiger charge is -2.26. The van der Waals surface area contributed by atoms with Crippen LogP contribution in [0.5, 0.6) is 0 Å². The molecule has 0 spiro atoms. The highest BCUT2D eigenvalue weighted by Crippen LogP contribution is 2.15. The van der Waals surface area contributed by atoms with Crippen molar-refractivity contribution < 1.29 is 14.1 Å². The van der Waals surface area contributed by atoms with Crippen LogP contribution in [0, 0.1) is 0 Å². The van der Waals surface area contributed by atoms with Crippen molar-refractivity contribution in [2.45, 2.75) is 39.8 Å². The first kappa shape index (κ1) is 15.1. The van der Waals surface area contributed by atoms with Crippen molar-refractivity contribution in [2.75, 3.05) is 26.3 Å². The van der Waals surface area contributed by atoms with Gasteiger partial charge in [0.1, 0.15) is 0 Å². The Morgan fingerprint density at radius 3 is 2.07 bits per heavy atom. The fourth-order valence-electron chi connectivity index (χ4n) is 1.54. The molecule has 0 saturated heterocycles. The zero-order valence-corrected chi connectivity index (χ0v) is 11.5. The van der Waals surface area contributed by atoms with E-state index in [0.29, 0.717) is 26.3 Å². The minimum Gasteiger partial charge on any atom is -0.395 e. The van der Waals surface area contributed by atoms with E-state index in [1.54, 1.807) is 0 Å². The second-order valence-electron chi connectivity index (χ2n) is 3.65. The number of hydroxylamine groups is 2. The summed E-state index contributed by atoms with van der Waals surface area (Å²) in [6.07, 6.45) is 0.924. The topological polar surface area (TPSA) is 41.9 Å². The summed E-state index contributed by atoms with van der Waals surface area (Å²) in [5, 5.41) is 10.6. The van der Waals surface area contributed by atoms with Crippen LogP contribution < -0.4 is 0 Å². The molecular formula is C10H25NO3Si. The summed E-state index contributed by atoms with van der Waals surface area (Å²) in [7, 11) is -1.97. The molecule has 0 atom stereocenters. The Balaban J connectivity index is 3.84. The first-order valence-electron chi connectivity index (χ1n) is 5.79. The summed E-state index contributed by atoms with van der Waals surface area (Å²) < 4.78 is 11.4. The predicted molar refractivity (Wildman–Crippen MR) is 63.3 cm³/mol. The van der Waals surface area contributed by atoms with E-state index in [2.05, 4.69) is 6.55 Å². The molecule has 0 fully saturated rings. The lowest BCUT2D eigenvalue weighted by Crippen LogP contribution is -2.39. The molecular weight excluding hydrogens is 210 g/mol. The zero-order valence-electron chi connectivity index (χ0n) is 10.5. The number of hydrogen-bond donors (Lipinski definition) is 1. The molecule has 92 valence electrons. The van der Waals surface area contributed by atoms with Crippen LogP contribution in [0.25, 0.3) is 0 Å². The quantitative estimate of drug-likeness (QED) is 0.491. The van der Waals surface area contributed by atoms with E-state index in [4.69, 9.17) is 8.85 Å². The molecule has 0 aliphatic carbocycles. The van der Waals surface area contributed by atoms with Crippen molar-refractivity contribution in [1.29, 1.82) is 0 Å². The van der Waals surface area contributed by atoms with Crippen molar-refractivity contribution in [2.24, 2.45) is 0 Å². The fraction of sp³-hybridized carbons (Fsp3) is 1.00. The molecule has 1 N–H and O–H groups in total. The van der Waals surface area contributed by atoms with Gasteiger partial charge in [-0.25, -0.2) is 0 Å². The molecule has 15 heavy (non-hydrogen) atoms. The Hall–Kier alpha value is 0.0569. The van der Waals surface area contributed by atoms with Gasteiger partial charge in [0.25, 0.3) is 0 Å². The van der Waals surface area contributed by atoms with Crippen LogP contribution in [0.15, 0.2) is 0 Å². The van der Waals surface area contributed by atoms with Crippen molar-refractivity contribution >= 4 is 8.56 Å². The van der Waals surface area contributed by atoms with Gasteiger partial charge in [0, 0.05) is 26.3 Å². The molecule has 0 heterocycles. The maximum atomic E-state index is 9.28. The smallest absolute Gasteiger partial charge is 0.334 e. The van der Waals surface area contributed by atoms with Gasteiger partial charge in [-0.2, -0.15) is 5.06 Å². The first-order chi connectivity index (χ1) is 7.08. The van der Waals surface area contributed by atoms with Crippen molar-refractivity contribution in [3.05, 3.63) is 0 Å². The molecule has 0 saturated carbocycles. The Morgan fingerprint density at radius 1 is 1.13 bits per heavy atom. The molecule has 0 bridgehead atoms. The molecule has 0 amide bonds. The van der Waals surface area contributed by atoms with E-state index in [-0.39, 0.29) is 0 Å². The van der Waals surface area contributed by atoms with Crippen LogP contribution in [0.4, 0.5) is 0 Å². The number of rotatable bonds is 9. The maximum Gasteiger partial charge on any atom is 0.334 e. The highest BCUT2D eigenvalue weighted by atomic mass is 28.4. The standard InChI is InChI=1S/C10H25NO3Si/c1-5-11(12)9-8-10-15(4,13-6-2)14-7-3/h12H,5-10H2,1-4H3. The highest BCUT2D eigenvalue weighted by Gasteiger charge is 2.29. The summed E-state index contributed by atoms with van der Waals surface area (Å²) in [6, 6.07) is 0.936. The molecule has 0 unspecified atom stereocenters. The van der Waals surface area contributed by atoms with Crippen molar-refractivity contribution in [1.82, 2.24) is 5.06 Å². The lowest BCUT2D eigenvalue weighted by atomic mass is 10.5. The summed E-state index contributed by atoms with van der Waals surface area (Å²) in [5.41, 5.74) is 0. The summed E-state index contributed by atoms with van der Waals surface area (Å²) in [4.78, 5) is 0. The highest BCUT2D eigenvalue weighted by molar-refractivity contribution is 6.66. The van der Waals surface area contributed by atoms with Crippen LogP contribution in [0.3, 0.4) is 0 Å². The largest absolute Gasteiger partial charge is 0.395 e. The van der Waals surface area contributed by atoms with E-state index >= 15 is 0 Å². The Morgan fingerprint density at radius 2 is 1.67 bits per heavy atom. The monoisotopic (exact) mass is 235 g/mol. The molecule has 0 aromatic rings. The molecule has 5 heteroatoms. The van der Waals surface area contributed by atoms with Gasteiger partial charge in [0.15, 0.2) is 0 Å². The second-order valence-corrected chi connectivity index (χ2v) is 6.99. The van der Waals surface area contributed by atoms with Gasteiger partial charge in [-0.3, -0.25) is 0 Å². The Bertz CT molecular complexity index is 152. The van der Waals surface area contributed by atoms with Crippen molar-refractivity contribution in [3.63, 3.8) is 0 Å². The SMILES string of the molecule is CCO[Si](C)(CCCN(O)CC)OCC. The van der Waals surface area contributed by atoms with Crippen LogP contribution >= 0.6 is 0 Å².